The maximum Gasteiger partial charge on any atom is 0.262 e. The van der Waals surface area contributed by atoms with Gasteiger partial charge in [-0.3, -0.25) is 9.69 Å². The second-order valence-electron chi connectivity index (χ2n) is 6.78. The van der Waals surface area contributed by atoms with Crippen molar-refractivity contribution < 1.29 is 26.4 Å². The lowest BCUT2D eigenvalue weighted by Crippen LogP contribution is -2.35. The first-order valence-electron chi connectivity index (χ1n) is 8.83. The number of halogens is 2. The normalized spacial score (nSPS) is 16.5. The van der Waals surface area contributed by atoms with E-state index in [2.05, 4.69) is 0 Å². The Balaban J connectivity index is 1.99. The van der Waals surface area contributed by atoms with Crippen LogP contribution in [0.2, 0.25) is 10.0 Å². The number of rotatable bonds is 5. The molecule has 0 fully saturated rings. The van der Waals surface area contributed by atoms with Crippen LogP contribution in [0.5, 0.6) is 0 Å². The van der Waals surface area contributed by atoms with Gasteiger partial charge in [0.15, 0.2) is 0 Å². The lowest BCUT2D eigenvalue weighted by Gasteiger charge is -2.24. The Bertz CT molecular complexity index is 1210. The molecule has 0 unspecified atom stereocenters. The second-order valence-corrected chi connectivity index (χ2v) is 11.5. The number of sulfonamides is 2. The molecule has 0 atom stereocenters. The molecule has 1 aliphatic heterocycles. The number of allylic oxidation sites excluding steroid dienone is 4. The molecule has 0 saturated heterocycles. The minimum Gasteiger partial charge on any atom is -0.462 e. The van der Waals surface area contributed by atoms with Gasteiger partial charge in [-0.1, -0.05) is 41.4 Å². The van der Waals surface area contributed by atoms with Crippen LogP contribution in [0.4, 0.5) is 5.69 Å². The van der Waals surface area contributed by atoms with Gasteiger partial charge >= 0.3 is 0 Å². The smallest absolute Gasteiger partial charge is 0.262 e. The highest BCUT2D eigenvalue weighted by Gasteiger charge is 2.32. The van der Waals surface area contributed by atoms with Crippen molar-refractivity contribution in [3.05, 3.63) is 76.0 Å². The van der Waals surface area contributed by atoms with Crippen molar-refractivity contribution in [1.82, 2.24) is 4.90 Å². The number of hydrogen-bond acceptors (Lipinski definition) is 6. The molecule has 0 aromatic heterocycles. The number of benzene rings is 1. The molecule has 2 aliphatic rings. The molecule has 1 aliphatic carbocycles. The van der Waals surface area contributed by atoms with Crippen molar-refractivity contribution in [2.45, 2.75) is 12.8 Å². The van der Waals surface area contributed by atoms with E-state index in [4.69, 9.17) is 27.9 Å². The molecule has 0 spiro atoms. The third kappa shape index (κ3) is 5.15. The van der Waals surface area contributed by atoms with E-state index in [1.807, 2.05) is 18.2 Å². The van der Waals surface area contributed by atoms with E-state index in [1.54, 1.807) is 0 Å². The van der Waals surface area contributed by atoms with Crippen LogP contribution in [0.15, 0.2) is 60.4 Å². The summed E-state index contributed by atoms with van der Waals surface area (Å²) in [6.07, 6.45) is 13.1. The maximum atomic E-state index is 13.0. The summed E-state index contributed by atoms with van der Waals surface area (Å²) in [6, 6.07) is 2.32. The molecular formula is C19H18Cl2N2O6S2. The second kappa shape index (κ2) is 8.70. The van der Waals surface area contributed by atoms with Crippen molar-refractivity contribution in [1.29, 1.82) is 0 Å². The predicted octanol–water partition coefficient (Wildman–Crippen LogP) is 3.78. The van der Waals surface area contributed by atoms with Gasteiger partial charge in [0, 0.05) is 11.8 Å². The zero-order chi connectivity index (χ0) is 23.0. The molecule has 8 nitrogen and oxygen atoms in total. The average molecular weight is 505 g/mol. The fourth-order valence-corrected chi connectivity index (χ4v) is 6.93. The molecule has 3 rings (SSSR count). The molecular weight excluding hydrogens is 487 g/mol. The summed E-state index contributed by atoms with van der Waals surface area (Å²) < 4.78 is 53.8. The highest BCUT2D eigenvalue weighted by Crippen LogP contribution is 2.38. The lowest BCUT2D eigenvalue weighted by atomic mass is 10.0. The summed E-state index contributed by atoms with van der Waals surface area (Å²) in [5, 5.41) is -0.624. The van der Waals surface area contributed by atoms with Gasteiger partial charge in [0.2, 0.25) is 20.0 Å². The van der Waals surface area contributed by atoms with Gasteiger partial charge in [-0.2, -0.15) is 3.71 Å². The molecule has 1 heterocycles. The molecule has 12 heteroatoms. The molecule has 0 N–H and O–H groups in total. The Kier molecular flexibility index (Phi) is 6.56. The van der Waals surface area contributed by atoms with Gasteiger partial charge in [0.25, 0.3) is 5.91 Å². The van der Waals surface area contributed by atoms with E-state index >= 15 is 0 Å². The van der Waals surface area contributed by atoms with Crippen molar-refractivity contribution >= 4 is 54.8 Å². The Labute approximate surface area is 190 Å². The third-order valence-corrected chi connectivity index (χ3v) is 8.06. The van der Waals surface area contributed by atoms with Crippen LogP contribution in [0, 0.1) is 0 Å². The summed E-state index contributed by atoms with van der Waals surface area (Å²) >= 11 is 12.3. The van der Waals surface area contributed by atoms with E-state index in [0.29, 0.717) is 18.3 Å². The number of amides is 1. The number of hydrogen-bond donors (Lipinski definition) is 0. The number of nitrogens with zero attached hydrogens (tertiary/aromatic N) is 2. The monoisotopic (exact) mass is 504 g/mol. The lowest BCUT2D eigenvalue weighted by molar-refractivity contribution is 0.0855. The van der Waals surface area contributed by atoms with E-state index in [9.17, 15) is 21.6 Å². The zero-order valence-corrected chi connectivity index (χ0v) is 19.6. The van der Waals surface area contributed by atoms with E-state index < -0.39 is 31.6 Å². The van der Waals surface area contributed by atoms with Crippen molar-refractivity contribution in [3.63, 3.8) is 0 Å². The topological polar surface area (TPSA) is 101 Å². The van der Waals surface area contributed by atoms with Gasteiger partial charge in [-0.05, 0) is 30.5 Å². The van der Waals surface area contributed by atoms with Gasteiger partial charge < -0.3 is 4.74 Å². The van der Waals surface area contributed by atoms with Crippen molar-refractivity contribution in [2.75, 3.05) is 16.2 Å². The molecule has 1 amide bonds. The molecule has 166 valence electrons. The van der Waals surface area contributed by atoms with Gasteiger partial charge in [0.05, 0.1) is 28.8 Å². The van der Waals surface area contributed by atoms with Crippen LogP contribution < -0.4 is 3.71 Å². The largest absolute Gasteiger partial charge is 0.462 e. The molecule has 31 heavy (non-hydrogen) atoms. The van der Waals surface area contributed by atoms with Gasteiger partial charge in [-0.15, -0.1) is 0 Å². The van der Waals surface area contributed by atoms with Crippen LogP contribution in [0.3, 0.4) is 0 Å². The predicted molar refractivity (Wildman–Crippen MR) is 120 cm³/mol. The van der Waals surface area contributed by atoms with Crippen LogP contribution in [-0.2, 0) is 24.8 Å². The summed E-state index contributed by atoms with van der Waals surface area (Å²) in [7, 11) is -8.52. The van der Waals surface area contributed by atoms with Crippen LogP contribution in [-0.4, -0.2) is 40.2 Å². The van der Waals surface area contributed by atoms with Crippen molar-refractivity contribution in [2.24, 2.45) is 0 Å². The third-order valence-electron chi connectivity index (χ3n) is 4.29. The SMILES string of the molecule is CS(=O)(=O)N(c1c(Cl)cc(C(=O)N2C=COC(C3=CC=CCC3)=C2)cc1Cl)S(C)(=O)=O. The minimum atomic E-state index is -4.26. The molecule has 0 bridgehead atoms. The van der Waals surface area contributed by atoms with Crippen LogP contribution >= 0.6 is 23.2 Å². The Hall–Kier alpha value is -2.27. The van der Waals surface area contributed by atoms with Crippen LogP contribution in [0.1, 0.15) is 23.2 Å². The molecule has 1 aromatic carbocycles. The fraction of sp³-hybridized carbons (Fsp3) is 0.211. The minimum absolute atomic E-state index is 0.0281. The average Bonchev–Trinajstić information content (AvgIpc) is 2.68. The molecule has 1 aromatic rings. The first-order chi connectivity index (χ1) is 14.4. The summed E-state index contributed by atoms with van der Waals surface area (Å²) in [5.74, 6) is -0.0149. The van der Waals surface area contributed by atoms with Crippen molar-refractivity contribution in [3.8, 4) is 0 Å². The molecule has 0 radical (unpaired) electrons. The quantitative estimate of drug-likeness (QED) is 0.604. The van der Waals surface area contributed by atoms with E-state index in [1.165, 1.54) is 23.6 Å². The van der Waals surface area contributed by atoms with E-state index in [-0.39, 0.29) is 19.3 Å². The zero-order valence-electron chi connectivity index (χ0n) is 16.4. The Morgan fingerprint density at radius 2 is 1.71 bits per heavy atom. The number of carbonyl (C=O) groups is 1. The van der Waals surface area contributed by atoms with Crippen LogP contribution in [0.25, 0.3) is 0 Å². The van der Waals surface area contributed by atoms with Gasteiger partial charge in [0.1, 0.15) is 17.7 Å². The maximum absolute atomic E-state index is 13.0. The first-order valence-corrected chi connectivity index (χ1v) is 13.3. The summed E-state index contributed by atoms with van der Waals surface area (Å²) in [6.45, 7) is 0. The highest BCUT2D eigenvalue weighted by atomic mass is 35.5. The summed E-state index contributed by atoms with van der Waals surface area (Å²) in [4.78, 5) is 14.2. The first kappa shape index (κ1) is 23.4. The number of ether oxygens (including phenoxy) is 1. The summed E-state index contributed by atoms with van der Waals surface area (Å²) in [5.41, 5.74) is 0.506. The Morgan fingerprint density at radius 1 is 1.10 bits per heavy atom. The number of anilines is 1. The standard InChI is InChI=1S/C19H18Cl2N2O6S2/c1-30(25,26)23(31(2,27)28)18-15(20)10-14(11-16(18)21)19(24)22-8-9-29-17(12-22)13-6-4-3-5-7-13/h3-4,6,8-12H,5,7H2,1-2H3. The number of carbonyl (C=O) groups excluding carboxylic acids is 1. The highest BCUT2D eigenvalue weighted by molar-refractivity contribution is 8.09. The van der Waals surface area contributed by atoms with E-state index in [0.717, 1.165) is 30.5 Å². The fourth-order valence-electron chi connectivity index (χ4n) is 3.05. The molecule has 0 saturated carbocycles. The van der Waals surface area contributed by atoms with Gasteiger partial charge in [-0.25, -0.2) is 16.8 Å². The Morgan fingerprint density at radius 3 is 2.23 bits per heavy atom.